The van der Waals surface area contributed by atoms with Crippen LogP contribution in [0.3, 0.4) is 0 Å². The Morgan fingerprint density at radius 1 is 1.18 bits per heavy atom. The minimum Gasteiger partial charge on any atom is -0.373 e. The van der Waals surface area contributed by atoms with Crippen LogP contribution in [0.4, 0.5) is 0 Å². The van der Waals surface area contributed by atoms with E-state index in [4.69, 9.17) is 20.5 Å². The molecular formula is C6H14N3O2-. The normalized spacial score (nSPS) is 8.36. The minimum atomic E-state index is -0.0370. The van der Waals surface area contributed by atoms with Crippen molar-refractivity contribution in [3.8, 4) is 0 Å². The smallest absolute Gasteiger partial charge is 0.154 e. The highest BCUT2D eigenvalue weighted by molar-refractivity contribution is 4.36. The molecule has 0 bridgehead atoms. The number of nitrogens with zero attached hydrogens (tertiary/aromatic N) is 3. The Labute approximate surface area is 66.7 Å². The molecule has 0 aliphatic carbocycles. The third-order valence-electron chi connectivity index (χ3n) is 0.803. The van der Waals surface area contributed by atoms with Gasteiger partial charge in [-0.15, -0.1) is 0 Å². The van der Waals surface area contributed by atoms with Gasteiger partial charge in [-0.25, -0.2) is 0 Å². The van der Waals surface area contributed by atoms with Crippen LogP contribution >= 0.6 is 0 Å². The molecule has 0 spiro atoms. The van der Waals surface area contributed by atoms with Crippen molar-refractivity contribution in [3.05, 3.63) is 16.0 Å². The van der Waals surface area contributed by atoms with Crippen LogP contribution in [0.15, 0.2) is 0 Å². The molecule has 0 heterocycles. The third kappa shape index (κ3) is 17.6. The Morgan fingerprint density at radius 2 is 1.45 bits per heavy atom. The highest BCUT2D eigenvalue weighted by Crippen LogP contribution is 1.90. The van der Waals surface area contributed by atoms with Gasteiger partial charge >= 0.3 is 0 Å². The van der Waals surface area contributed by atoms with Crippen molar-refractivity contribution < 1.29 is 9.47 Å². The van der Waals surface area contributed by atoms with Gasteiger partial charge in [-0.1, -0.05) is 0 Å². The molecule has 5 heteroatoms. The van der Waals surface area contributed by atoms with Crippen molar-refractivity contribution in [2.75, 3.05) is 13.2 Å². The van der Waals surface area contributed by atoms with Gasteiger partial charge in [-0.3, -0.25) is 4.91 Å². The number of ether oxygens (including phenoxy) is 2. The fourth-order valence-electron chi connectivity index (χ4n) is 0.518. The fraction of sp³-hybridized carbons (Fsp3) is 1.00. The van der Waals surface area contributed by atoms with E-state index >= 15 is 0 Å². The lowest BCUT2D eigenvalue weighted by Gasteiger charge is -2.09. The lowest BCUT2D eigenvalue weighted by Crippen LogP contribution is -2.11. The Bertz CT molecular complexity index is 96.0. The van der Waals surface area contributed by atoms with Crippen LogP contribution in [0.1, 0.15) is 20.8 Å². The van der Waals surface area contributed by atoms with Gasteiger partial charge in [0.2, 0.25) is 0 Å². The zero-order valence-electron chi connectivity index (χ0n) is 7.15. The number of hydrogen-bond acceptors (Lipinski definition) is 2. The molecule has 11 heavy (non-hydrogen) atoms. The molecule has 0 rings (SSSR count). The molecule has 0 aliphatic rings. The first-order valence-electron chi connectivity index (χ1n) is 3.44. The van der Waals surface area contributed by atoms with Crippen molar-refractivity contribution >= 4 is 0 Å². The first kappa shape index (κ1) is 12.9. The monoisotopic (exact) mass is 160 g/mol. The van der Waals surface area contributed by atoms with Crippen molar-refractivity contribution in [2.45, 2.75) is 27.1 Å². The fourth-order valence-corrected chi connectivity index (χ4v) is 0.518. The molecule has 66 valence electrons. The number of rotatable bonds is 4. The maximum Gasteiger partial charge on any atom is 0.154 e. The van der Waals surface area contributed by atoms with E-state index in [1.165, 1.54) is 4.91 Å². The van der Waals surface area contributed by atoms with Crippen molar-refractivity contribution in [1.29, 1.82) is 0 Å². The largest absolute Gasteiger partial charge is 0.373 e. The molecule has 0 aliphatic heterocycles. The average Bonchev–Trinajstić information content (AvgIpc) is 1.90. The molecule has 0 aromatic carbocycles. The van der Waals surface area contributed by atoms with Crippen molar-refractivity contribution in [2.24, 2.45) is 0 Å². The van der Waals surface area contributed by atoms with E-state index in [0.29, 0.717) is 0 Å². The minimum absolute atomic E-state index is 0.0370. The average molecular weight is 160 g/mol. The number of hydrogen-bond donors (Lipinski definition) is 0. The van der Waals surface area contributed by atoms with Crippen LogP contribution in [-0.4, -0.2) is 19.5 Å². The molecule has 0 radical (unpaired) electrons. The lowest BCUT2D eigenvalue weighted by atomic mass is 10.7. The topological polar surface area (TPSA) is 77.2 Å². The second-order valence-corrected chi connectivity index (χ2v) is 1.57. The predicted molar refractivity (Wildman–Crippen MR) is 42.8 cm³/mol. The molecule has 0 aromatic heterocycles. The van der Waals surface area contributed by atoms with Crippen LogP contribution in [0.5, 0.6) is 0 Å². The van der Waals surface area contributed by atoms with E-state index in [-0.39, 0.29) is 6.29 Å². The second-order valence-electron chi connectivity index (χ2n) is 1.57. The van der Waals surface area contributed by atoms with Gasteiger partial charge in [-0.05, 0) is 20.8 Å². The third-order valence-corrected chi connectivity index (χ3v) is 0.803. The van der Waals surface area contributed by atoms with Gasteiger partial charge in [0.25, 0.3) is 0 Å². The summed E-state index contributed by atoms with van der Waals surface area (Å²) >= 11 is 0. The van der Waals surface area contributed by atoms with Gasteiger partial charge in [0.15, 0.2) is 6.29 Å². The summed E-state index contributed by atoms with van der Waals surface area (Å²) in [5.41, 5.74) is 13.5. The van der Waals surface area contributed by atoms with E-state index in [0.717, 1.165) is 13.2 Å². The van der Waals surface area contributed by atoms with Gasteiger partial charge in [0.05, 0.1) is 0 Å². The molecule has 0 amide bonds. The van der Waals surface area contributed by atoms with E-state index in [2.05, 4.69) is 0 Å². The van der Waals surface area contributed by atoms with Crippen LogP contribution < -0.4 is 0 Å². The lowest BCUT2D eigenvalue weighted by molar-refractivity contribution is -0.123. The summed E-state index contributed by atoms with van der Waals surface area (Å²) in [6.07, 6.45) is -0.0370. The molecule has 0 unspecified atom stereocenters. The molecular weight excluding hydrogens is 146 g/mol. The van der Waals surface area contributed by atoms with Gasteiger partial charge < -0.3 is 20.5 Å². The Kier molecular flexibility index (Phi) is 14.0. The molecule has 0 atom stereocenters. The summed E-state index contributed by atoms with van der Waals surface area (Å²) in [5.74, 6) is 0. The van der Waals surface area contributed by atoms with E-state index in [1.54, 1.807) is 0 Å². The summed E-state index contributed by atoms with van der Waals surface area (Å²) < 4.78 is 10.1. The molecule has 5 nitrogen and oxygen atoms in total. The summed E-state index contributed by atoms with van der Waals surface area (Å²) in [7, 11) is 0. The highest BCUT2D eigenvalue weighted by atomic mass is 16.7. The van der Waals surface area contributed by atoms with Gasteiger partial charge in [-0.2, -0.15) is 0 Å². The van der Waals surface area contributed by atoms with Gasteiger partial charge in [0, 0.05) is 13.2 Å². The van der Waals surface area contributed by atoms with Crippen LogP contribution in [0.2, 0.25) is 0 Å². The molecule has 0 saturated carbocycles. The zero-order valence-corrected chi connectivity index (χ0v) is 7.15. The van der Waals surface area contributed by atoms with Crippen LogP contribution in [-0.2, 0) is 9.47 Å². The summed E-state index contributed by atoms with van der Waals surface area (Å²) in [4.78, 5) is 1.50. The maximum atomic E-state index is 6.75. The first-order chi connectivity index (χ1) is 5.22. The van der Waals surface area contributed by atoms with E-state index in [1.807, 2.05) is 20.8 Å². The predicted octanol–water partition coefficient (Wildman–Crippen LogP) is 2.27. The Hall–Kier alpha value is -0.770. The summed E-state index contributed by atoms with van der Waals surface area (Å²) in [6, 6.07) is 0. The quantitative estimate of drug-likeness (QED) is 0.273. The molecule has 0 saturated heterocycles. The standard InChI is InChI=1S/C6H14O2.N3/c1-4-7-6(3)8-5-2;1-3-2/h6H,4-5H2,1-3H3;/q;-1. The van der Waals surface area contributed by atoms with Crippen molar-refractivity contribution in [1.82, 2.24) is 0 Å². The maximum absolute atomic E-state index is 6.75. The summed E-state index contributed by atoms with van der Waals surface area (Å²) in [5, 5.41) is 0. The van der Waals surface area contributed by atoms with E-state index in [9.17, 15) is 0 Å². The Morgan fingerprint density at radius 3 is 1.64 bits per heavy atom. The highest BCUT2D eigenvalue weighted by Gasteiger charge is 1.94. The molecule has 0 aromatic rings. The van der Waals surface area contributed by atoms with Crippen LogP contribution in [0.25, 0.3) is 16.0 Å². The summed E-state index contributed by atoms with van der Waals surface area (Å²) in [6.45, 7) is 7.25. The van der Waals surface area contributed by atoms with Gasteiger partial charge in [0.1, 0.15) is 0 Å². The van der Waals surface area contributed by atoms with Crippen LogP contribution in [0, 0.1) is 0 Å². The SMILES string of the molecule is CCOC(C)OCC.[N-]=[N+]=[N-]. The molecule has 0 N–H and O–H groups in total. The second kappa shape index (κ2) is 12.0. The Balaban J connectivity index is 0. The first-order valence-corrected chi connectivity index (χ1v) is 3.44. The van der Waals surface area contributed by atoms with E-state index < -0.39 is 0 Å². The zero-order chi connectivity index (χ0) is 9.11. The van der Waals surface area contributed by atoms with Crippen molar-refractivity contribution in [3.63, 3.8) is 0 Å². The molecule has 0 fully saturated rings.